The topological polar surface area (TPSA) is 36.9 Å². The van der Waals surface area contributed by atoms with Crippen molar-refractivity contribution in [1.82, 2.24) is 0 Å². The Morgan fingerprint density at radius 2 is 0.677 bits per heavy atom. The standard InChI is InChI=1S/C13H14F14O4/c1-5(2)7(14,15)29-10(20,21)11(22,23)31-13(26,27)12(24,25)30-9(18,19)8(16,17)28-6(3)4/h5-6H,1-4H3. The van der Waals surface area contributed by atoms with Gasteiger partial charge in [0.2, 0.25) is 0 Å². The second-order valence-electron chi connectivity index (χ2n) is 6.29. The van der Waals surface area contributed by atoms with Crippen LogP contribution in [0.2, 0.25) is 0 Å². The fourth-order valence-electron chi connectivity index (χ4n) is 1.27. The van der Waals surface area contributed by atoms with Gasteiger partial charge in [0.1, 0.15) is 0 Å². The molecule has 0 aliphatic carbocycles. The van der Waals surface area contributed by atoms with Crippen molar-refractivity contribution < 1.29 is 80.4 Å². The lowest BCUT2D eigenvalue weighted by Crippen LogP contribution is -2.59. The Balaban J connectivity index is 5.78. The van der Waals surface area contributed by atoms with Crippen molar-refractivity contribution in [2.45, 2.75) is 76.6 Å². The number of hydrogen-bond acceptors (Lipinski definition) is 4. The van der Waals surface area contributed by atoms with Gasteiger partial charge in [0.05, 0.1) is 6.10 Å². The molecule has 0 N–H and O–H groups in total. The van der Waals surface area contributed by atoms with E-state index in [-0.39, 0.29) is 0 Å². The van der Waals surface area contributed by atoms with Gasteiger partial charge in [-0.3, -0.25) is 0 Å². The summed E-state index contributed by atoms with van der Waals surface area (Å²) in [5, 5.41) is 0. The third kappa shape index (κ3) is 6.92. The highest BCUT2D eigenvalue weighted by molar-refractivity contribution is 4.79. The molecule has 0 unspecified atom stereocenters. The van der Waals surface area contributed by atoms with Crippen LogP contribution in [0.5, 0.6) is 0 Å². The smallest absolute Gasteiger partial charge is 0.311 e. The number of halogens is 14. The van der Waals surface area contributed by atoms with E-state index in [1.807, 2.05) is 4.74 Å². The number of rotatable bonds is 12. The Kier molecular flexibility index (Phi) is 8.34. The summed E-state index contributed by atoms with van der Waals surface area (Å²) in [6, 6.07) is 0. The minimum atomic E-state index is -7.21. The van der Waals surface area contributed by atoms with Gasteiger partial charge in [0.15, 0.2) is 0 Å². The Morgan fingerprint density at radius 1 is 0.419 bits per heavy atom. The van der Waals surface area contributed by atoms with Gasteiger partial charge in [-0.1, -0.05) is 13.8 Å². The van der Waals surface area contributed by atoms with Crippen molar-refractivity contribution >= 4 is 0 Å². The van der Waals surface area contributed by atoms with Crippen LogP contribution < -0.4 is 0 Å². The molecule has 0 atom stereocenters. The minimum Gasteiger partial charge on any atom is -0.311 e. The molecular weight excluding hydrogens is 486 g/mol. The summed E-state index contributed by atoms with van der Waals surface area (Å²) in [6.45, 7) is 2.20. The van der Waals surface area contributed by atoms with Crippen LogP contribution >= 0.6 is 0 Å². The molecule has 4 nitrogen and oxygen atoms in total. The number of alkyl halides is 14. The van der Waals surface area contributed by atoms with E-state index in [0.717, 1.165) is 0 Å². The summed E-state index contributed by atoms with van der Waals surface area (Å²) < 4.78 is 193. The molecule has 0 aliphatic heterocycles. The van der Waals surface area contributed by atoms with Crippen LogP contribution in [0.1, 0.15) is 27.7 Å². The van der Waals surface area contributed by atoms with Crippen molar-refractivity contribution in [3.8, 4) is 0 Å². The van der Waals surface area contributed by atoms with Gasteiger partial charge in [-0.2, -0.15) is 61.5 Å². The highest BCUT2D eigenvalue weighted by Crippen LogP contribution is 2.50. The Morgan fingerprint density at radius 3 is 0.935 bits per heavy atom. The van der Waals surface area contributed by atoms with Crippen LogP contribution in [0, 0.1) is 5.92 Å². The second-order valence-corrected chi connectivity index (χ2v) is 6.29. The molecular formula is C13H14F14O4. The molecule has 0 amide bonds. The molecule has 0 heterocycles. The predicted octanol–water partition coefficient (Wildman–Crippen LogP) is 6.27. The monoisotopic (exact) mass is 500 g/mol. The summed E-state index contributed by atoms with van der Waals surface area (Å²) in [7, 11) is 0. The normalized spacial score (nSPS) is 15.9. The average molecular weight is 500 g/mol. The molecule has 0 aromatic rings. The van der Waals surface area contributed by atoms with Crippen LogP contribution in [-0.2, 0) is 18.9 Å². The molecule has 0 radical (unpaired) electrons. The molecule has 0 bridgehead atoms. The molecule has 0 aromatic heterocycles. The van der Waals surface area contributed by atoms with Crippen molar-refractivity contribution in [3.05, 3.63) is 0 Å². The quantitative estimate of drug-likeness (QED) is 0.296. The molecule has 31 heavy (non-hydrogen) atoms. The van der Waals surface area contributed by atoms with Crippen molar-refractivity contribution in [3.63, 3.8) is 0 Å². The molecule has 0 spiro atoms. The van der Waals surface area contributed by atoms with Gasteiger partial charge in [-0.15, -0.1) is 0 Å². The van der Waals surface area contributed by atoms with Gasteiger partial charge in [-0.05, 0) is 13.8 Å². The lowest BCUT2D eigenvalue weighted by molar-refractivity contribution is -0.572. The van der Waals surface area contributed by atoms with Crippen molar-refractivity contribution in [1.29, 1.82) is 0 Å². The molecule has 188 valence electrons. The van der Waals surface area contributed by atoms with Gasteiger partial charge in [-0.25, -0.2) is 14.2 Å². The van der Waals surface area contributed by atoms with Gasteiger partial charge in [0.25, 0.3) is 0 Å². The molecule has 0 saturated carbocycles. The molecule has 0 aromatic carbocycles. The van der Waals surface area contributed by atoms with Gasteiger partial charge < -0.3 is 4.74 Å². The van der Waals surface area contributed by atoms with Crippen LogP contribution in [0.3, 0.4) is 0 Å². The average Bonchev–Trinajstić information content (AvgIpc) is 2.41. The van der Waals surface area contributed by atoms with E-state index in [1.165, 1.54) is 0 Å². The predicted molar refractivity (Wildman–Crippen MR) is 68.9 cm³/mol. The van der Waals surface area contributed by atoms with Gasteiger partial charge >= 0.3 is 42.8 Å². The zero-order valence-corrected chi connectivity index (χ0v) is 15.6. The first-order chi connectivity index (χ1) is 13.2. The van der Waals surface area contributed by atoms with Crippen LogP contribution in [0.25, 0.3) is 0 Å². The molecule has 0 saturated heterocycles. The summed E-state index contributed by atoms with van der Waals surface area (Å²) in [4.78, 5) is 0. The summed E-state index contributed by atoms with van der Waals surface area (Å²) in [5.74, 6) is -2.28. The zero-order valence-electron chi connectivity index (χ0n) is 15.6. The van der Waals surface area contributed by atoms with E-state index in [2.05, 4.69) is 9.47 Å². The van der Waals surface area contributed by atoms with E-state index in [1.54, 1.807) is 4.74 Å². The van der Waals surface area contributed by atoms with Crippen molar-refractivity contribution in [2.75, 3.05) is 0 Å². The fourth-order valence-corrected chi connectivity index (χ4v) is 1.27. The first kappa shape index (κ1) is 29.9. The van der Waals surface area contributed by atoms with Crippen LogP contribution in [-0.4, -0.2) is 48.9 Å². The maximum atomic E-state index is 13.2. The maximum Gasteiger partial charge on any atom is 0.453 e. The summed E-state index contributed by atoms with van der Waals surface area (Å²) in [6.07, 6.45) is -47.8. The molecule has 0 aliphatic rings. The third-order valence-corrected chi connectivity index (χ3v) is 2.85. The Labute approximate surface area is 164 Å². The first-order valence-corrected chi connectivity index (χ1v) is 7.66. The molecule has 0 fully saturated rings. The Hall–Kier alpha value is -1.14. The van der Waals surface area contributed by atoms with E-state index in [0.29, 0.717) is 27.7 Å². The largest absolute Gasteiger partial charge is 0.453 e. The summed E-state index contributed by atoms with van der Waals surface area (Å²) >= 11 is 0. The Bertz CT molecular complexity index is 605. The van der Waals surface area contributed by atoms with Gasteiger partial charge in [0, 0.05) is 5.92 Å². The second kappa shape index (κ2) is 8.66. The number of ether oxygens (including phenoxy) is 4. The van der Waals surface area contributed by atoms with E-state index in [4.69, 9.17) is 0 Å². The lowest BCUT2D eigenvalue weighted by Gasteiger charge is -2.35. The van der Waals surface area contributed by atoms with E-state index in [9.17, 15) is 61.5 Å². The first-order valence-electron chi connectivity index (χ1n) is 7.66. The molecule has 0 rings (SSSR count). The van der Waals surface area contributed by atoms with Crippen LogP contribution in [0.4, 0.5) is 61.5 Å². The SMILES string of the molecule is CC(C)OC(F)(F)C(F)(F)OC(F)(F)C(F)(F)OC(F)(F)C(F)(F)OC(F)(F)C(C)C. The zero-order chi connectivity index (χ0) is 25.5. The minimum absolute atomic E-state index is 0.438. The highest BCUT2D eigenvalue weighted by atomic mass is 19.4. The van der Waals surface area contributed by atoms with Crippen molar-refractivity contribution in [2.24, 2.45) is 5.92 Å². The number of hydrogen-bond donors (Lipinski definition) is 0. The third-order valence-electron chi connectivity index (χ3n) is 2.85. The lowest BCUT2D eigenvalue weighted by atomic mass is 10.2. The molecule has 18 heteroatoms. The van der Waals surface area contributed by atoms with Crippen LogP contribution in [0.15, 0.2) is 0 Å². The van der Waals surface area contributed by atoms with E-state index >= 15 is 0 Å². The summed E-state index contributed by atoms with van der Waals surface area (Å²) in [5.41, 5.74) is 0. The van der Waals surface area contributed by atoms with E-state index < -0.39 is 54.8 Å². The highest BCUT2D eigenvalue weighted by Gasteiger charge is 2.76. The fraction of sp³-hybridized carbons (Fsp3) is 1.00. The maximum absolute atomic E-state index is 13.2.